The summed E-state index contributed by atoms with van der Waals surface area (Å²) >= 11 is 0. The van der Waals surface area contributed by atoms with Crippen LogP contribution in [0.3, 0.4) is 0 Å². The molecule has 192 valence electrons. The number of carbonyl (C=O) groups excluding carboxylic acids is 2. The topological polar surface area (TPSA) is 145 Å². The molecule has 11 heteroatoms. The van der Waals surface area contributed by atoms with E-state index in [2.05, 4.69) is 15.1 Å². The van der Waals surface area contributed by atoms with Crippen molar-refractivity contribution in [3.05, 3.63) is 71.0 Å². The molecule has 1 heterocycles. The molecule has 0 aliphatic carbocycles. The van der Waals surface area contributed by atoms with Crippen LogP contribution in [0.25, 0.3) is 0 Å². The molecular weight excluding hydrogens is 482 g/mol. The second-order valence-corrected chi connectivity index (χ2v) is 10.4. The summed E-state index contributed by atoms with van der Waals surface area (Å²) < 4.78 is 35.4. The van der Waals surface area contributed by atoms with Crippen LogP contribution in [0.15, 0.2) is 53.4 Å². The average Bonchev–Trinajstić information content (AvgIpc) is 3.12. The van der Waals surface area contributed by atoms with Crippen LogP contribution in [0.2, 0.25) is 0 Å². The maximum atomic E-state index is 13.4. The van der Waals surface area contributed by atoms with E-state index in [1.165, 1.54) is 22.9 Å². The average molecular weight is 514 g/mol. The number of hydrogen-bond donors (Lipinski definition) is 3. The van der Waals surface area contributed by atoms with Crippen LogP contribution in [0.1, 0.15) is 52.9 Å². The minimum Gasteiger partial charge on any atom is -0.493 e. The third kappa shape index (κ3) is 6.29. The van der Waals surface area contributed by atoms with Crippen LogP contribution < -0.4 is 20.5 Å². The largest absolute Gasteiger partial charge is 0.493 e. The van der Waals surface area contributed by atoms with Gasteiger partial charge in [-0.15, -0.1) is 0 Å². The minimum absolute atomic E-state index is 0.00536. The molecule has 1 aromatic heterocycles. The van der Waals surface area contributed by atoms with Crippen molar-refractivity contribution in [2.45, 2.75) is 38.6 Å². The lowest BCUT2D eigenvalue weighted by molar-refractivity contribution is 0.0992. The van der Waals surface area contributed by atoms with Crippen molar-refractivity contribution in [2.24, 2.45) is 18.7 Å². The Morgan fingerprint density at radius 1 is 1.14 bits per heavy atom. The summed E-state index contributed by atoms with van der Waals surface area (Å²) in [6.07, 6.45) is 0.493. The summed E-state index contributed by atoms with van der Waals surface area (Å²) in [4.78, 5) is 25.4. The first kappa shape index (κ1) is 26.9. The molecule has 0 spiro atoms. The van der Waals surface area contributed by atoms with E-state index in [4.69, 9.17) is 10.5 Å². The van der Waals surface area contributed by atoms with Gasteiger partial charge >= 0.3 is 0 Å². The number of nitrogens with one attached hydrogen (secondary N) is 2. The molecule has 3 aromatic rings. The molecule has 3 rings (SSSR count). The number of rotatable bonds is 11. The Labute approximate surface area is 210 Å². The molecule has 0 radical (unpaired) electrons. The number of sulfonamides is 1. The van der Waals surface area contributed by atoms with Gasteiger partial charge in [0.05, 0.1) is 28.4 Å². The Morgan fingerprint density at radius 2 is 1.83 bits per heavy atom. The van der Waals surface area contributed by atoms with Crippen LogP contribution in [0.5, 0.6) is 5.75 Å². The number of ether oxygens (including phenoxy) is 1. The first-order valence-corrected chi connectivity index (χ1v) is 13.0. The molecule has 0 bridgehead atoms. The lowest BCUT2D eigenvalue weighted by Gasteiger charge is -2.14. The van der Waals surface area contributed by atoms with E-state index in [-0.39, 0.29) is 46.7 Å². The van der Waals surface area contributed by atoms with E-state index in [1.54, 1.807) is 26.1 Å². The molecule has 0 aliphatic heterocycles. The van der Waals surface area contributed by atoms with Crippen molar-refractivity contribution in [1.82, 2.24) is 14.5 Å². The molecule has 4 N–H and O–H groups in total. The number of carbonyl (C=O) groups is 2. The van der Waals surface area contributed by atoms with Crippen molar-refractivity contribution in [3.63, 3.8) is 0 Å². The lowest BCUT2D eigenvalue weighted by atomic mass is 10.1. The van der Waals surface area contributed by atoms with Gasteiger partial charge in [-0.25, -0.2) is 13.1 Å². The normalized spacial score (nSPS) is 11.5. The smallest absolute Gasteiger partial charge is 0.269 e. The fourth-order valence-electron chi connectivity index (χ4n) is 3.70. The van der Waals surface area contributed by atoms with Gasteiger partial charge in [0, 0.05) is 13.6 Å². The molecular formula is C25H31N5O5S. The number of hydrogen-bond acceptors (Lipinski definition) is 6. The summed E-state index contributed by atoms with van der Waals surface area (Å²) in [6.45, 7) is 6.06. The fourth-order valence-corrected chi connectivity index (χ4v) is 4.74. The van der Waals surface area contributed by atoms with Crippen molar-refractivity contribution < 1.29 is 22.7 Å². The van der Waals surface area contributed by atoms with Gasteiger partial charge in [-0.2, -0.15) is 5.10 Å². The third-order valence-corrected chi connectivity index (χ3v) is 6.71. The van der Waals surface area contributed by atoms with Gasteiger partial charge in [-0.1, -0.05) is 44.2 Å². The van der Waals surface area contributed by atoms with Crippen LogP contribution in [-0.4, -0.2) is 36.6 Å². The molecule has 0 saturated heterocycles. The van der Waals surface area contributed by atoms with Gasteiger partial charge in [0.2, 0.25) is 10.0 Å². The quantitative estimate of drug-likeness (QED) is 0.359. The number of primary amides is 1. The molecule has 0 unspecified atom stereocenters. The predicted octanol–water partition coefficient (Wildman–Crippen LogP) is 2.85. The van der Waals surface area contributed by atoms with E-state index in [0.29, 0.717) is 12.1 Å². The first-order chi connectivity index (χ1) is 17.0. The zero-order valence-corrected chi connectivity index (χ0v) is 21.6. The Bertz CT molecular complexity index is 1350. The van der Waals surface area contributed by atoms with Gasteiger partial charge < -0.3 is 15.8 Å². The Kier molecular flexibility index (Phi) is 8.49. The Hall–Kier alpha value is -3.70. The first-order valence-electron chi connectivity index (χ1n) is 11.5. The second-order valence-electron chi connectivity index (χ2n) is 8.61. The zero-order chi connectivity index (χ0) is 26.5. The van der Waals surface area contributed by atoms with Crippen LogP contribution >= 0.6 is 0 Å². The predicted molar refractivity (Wildman–Crippen MR) is 136 cm³/mol. The van der Waals surface area contributed by atoms with Gasteiger partial charge in [-0.3, -0.25) is 14.3 Å². The van der Waals surface area contributed by atoms with E-state index >= 15 is 0 Å². The zero-order valence-electron chi connectivity index (χ0n) is 20.7. The van der Waals surface area contributed by atoms with E-state index in [9.17, 15) is 18.0 Å². The SMILES string of the molecule is CCOc1ccc(S(=O)(=O)NCc2ccccc2)cc1C(=O)Nc1c(CC(C)C)nn(C)c1C(N)=O. The standard InChI is InChI=1S/C25H31N5O5S/c1-5-35-21-12-11-18(36(33,34)27-15-17-9-7-6-8-10-17)14-19(21)25(32)28-22-20(13-16(2)3)29-30(4)23(22)24(26)31/h6-12,14,16,27H,5,13,15H2,1-4H3,(H2,26,31)(H,28,32). The number of nitrogens with zero attached hydrogens (tertiary/aromatic N) is 2. The third-order valence-electron chi connectivity index (χ3n) is 5.31. The molecule has 0 atom stereocenters. The molecule has 36 heavy (non-hydrogen) atoms. The highest BCUT2D eigenvalue weighted by Gasteiger charge is 2.25. The summed E-state index contributed by atoms with van der Waals surface area (Å²) in [6, 6.07) is 13.1. The Morgan fingerprint density at radius 3 is 2.44 bits per heavy atom. The highest BCUT2D eigenvalue weighted by Crippen LogP contribution is 2.27. The number of nitrogens with two attached hydrogens (primary N) is 1. The number of anilines is 1. The van der Waals surface area contributed by atoms with E-state index in [1.807, 2.05) is 32.0 Å². The Balaban J connectivity index is 1.97. The van der Waals surface area contributed by atoms with Crippen molar-refractivity contribution in [3.8, 4) is 5.75 Å². The van der Waals surface area contributed by atoms with Crippen LogP contribution in [0.4, 0.5) is 5.69 Å². The van der Waals surface area contributed by atoms with E-state index < -0.39 is 21.8 Å². The maximum absolute atomic E-state index is 13.4. The summed E-state index contributed by atoms with van der Waals surface area (Å²) in [7, 11) is -2.37. The second kappa shape index (κ2) is 11.4. The minimum atomic E-state index is -3.94. The number of amides is 2. The van der Waals surface area contributed by atoms with Gasteiger partial charge in [0.15, 0.2) is 0 Å². The van der Waals surface area contributed by atoms with Crippen LogP contribution in [0, 0.1) is 5.92 Å². The molecule has 0 aliphatic rings. The molecule has 0 saturated carbocycles. The summed E-state index contributed by atoms with van der Waals surface area (Å²) in [5.74, 6) is -1.01. The van der Waals surface area contributed by atoms with Gasteiger partial charge in [0.1, 0.15) is 11.4 Å². The summed E-state index contributed by atoms with van der Waals surface area (Å²) in [5, 5.41) is 7.07. The number of benzene rings is 2. The van der Waals surface area contributed by atoms with Crippen LogP contribution in [-0.2, 0) is 30.0 Å². The van der Waals surface area contributed by atoms with Crippen molar-refractivity contribution in [1.29, 1.82) is 0 Å². The monoisotopic (exact) mass is 513 g/mol. The molecule has 2 amide bonds. The fraction of sp³-hybridized carbons (Fsp3) is 0.320. The lowest BCUT2D eigenvalue weighted by Crippen LogP contribution is -2.24. The summed E-state index contributed by atoms with van der Waals surface area (Å²) in [5.41, 5.74) is 7.08. The molecule has 0 fully saturated rings. The highest BCUT2D eigenvalue weighted by atomic mass is 32.2. The van der Waals surface area contributed by atoms with Crippen molar-refractivity contribution >= 4 is 27.5 Å². The molecule has 10 nitrogen and oxygen atoms in total. The molecule has 2 aromatic carbocycles. The number of aromatic nitrogens is 2. The maximum Gasteiger partial charge on any atom is 0.269 e. The number of aryl methyl sites for hydroxylation is 1. The van der Waals surface area contributed by atoms with E-state index in [0.717, 1.165) is 5.56 Å². The van der Waals surface area contributed by atoms with Gasteiger partial charge in [0.25, 0.3) is 11.8 Å². The van der Waals surface area contributed by atoms with Gasteiger partial charge in [-0.05, 0) is 43.0 Å². The van der Waals surface area contributed by atoms with Crippen molar-refractivity contribution in [2.75, 3.05) is 11.9 Å². The highest BCUT2D eigenvalue weighted by molar-refractivity contribution is 7.89.